The number of aryl methyl sites for hydroxylation is 1. The highest BCUT2D eigenvalue weighted by Gasteiger charge is 2.29. The molecule has 0 atom stereocenters. The summed E-state index contributed by atoms with van der Waals surface area (Å²) < 4.78 is 18.9. The van der Waals surface area contributed by atoms with Gasteiger partial charge in [-0.05, 0) is 55.5 Å². The Balaban J connectivity index is 1.56. The molecule has 0 saturated carbocycles. The third-order valence-electron chi connectivity index (χ3n) is 5.84. The first-order valence-electron chi connectivity index (χ1n) is 11.0. The van der Waals surface area contributed by atoms with E-state index in [0.717, 1.165) is 24.8 Å². The molecule has 2 aromatic rings. The Morgan fingerprint density at radius 1 is 1.13 bits per heavy atom. The van der Waals surface area contributed by atoms with Crippen LogP contribution in [0, 0.1) is 5.82 Å². The molecule has 5 nitrogen and oxygen atoms in total. The smallest absolute Gasteiger partial charge is 0.253 e. The number of likely N-dealkylation sites (tertiary alicyclic amines) is 1. The number of rotatable bonds is 8. The van der Waals surface area contributed by atoms with Crippen LogP contribution in [0.15, 0.2) is 48.5 Å². The number of amides is 2. The van der Waals surface area contributed by atoms with E-state index in [1.807, 2.05) is 40.1 Å². The van der Waals surface area contributed by atoms with Crippen LogP contribution in [0.5, 0.6) is 5.75 Å². The first kappa shape index (κ1) is 22.8. The third-order valence-corrected chi connectivity index (χ3v) is 5.84. The van der Waals surface area contributed by atoms with Gasteiger partial charge in [-0.2, -0.15) is 0 Å². The van der Waals surface area contributed by atoms with E-state index >= 15 is 0 Å². The number of carbonyl (C=O) groups excluding carboxylic acids is 2. The predicted molar refractivity (Wildman–Crippen MR) is 119 cm³/mol. The van der Waals surface area contributed by atoms with Crippen LogP contribution < -0.4 is 4.74 Å². The number of ether oxygens (including phenoxy) is 1. The first-order chi connectivity index (χ1) is 15.0. The van der Waals surface area contributed by atoms with Gasteiger partial charge in [-0.3, -0.25) is 9.59 Å². The Kier molecular flexibility index (Phi) is 8.04. The topological polar surface area (TPSA) is 49.9 Å². The van der Waals surface area contributed by atoms with Gasteiger partial charge in [0, 0.05) is 37.7 Å². The zero-order chi connectivity index (χ0) is 22.2. The fourth-order valence-electron chi connectivity index (χ4n) is 4.16. The molecule has 0 spiro atoms. The lowest BCUT2D eigenvalue weighted by atomic mass is 10.0. The van der Waals surface area contributed by atoms with Crippen LogP contribution in [-0.2, 0) is 11.2 Å². The van der Waals surface area contributed by atoms with Crippen LogP contribution in [0.1, 0.15) is 48.5 Å². The SMILES string of the molecule is CCCN(C(=O)CCc1ccc(OC)c(F)c1)C1CCN(C(=O)c2ccccc2)CC1. The van der Waals surface area contributed by atoms with Crippen LogP contribution in [0.25, 0.3) is 0 Å². The number of methoxy groups -OCH3 is 1. The van der Waals surface area contributed by atoms with Crippen molar-refractivity contribution in [2.45, 2.75) is 45.1 Å². The number of hydrogen-bond donors (Lipinski definition) is 0. The summed E-state index contributed by atoms with van der Waals surface area (Å²) >= 11 is 0. The van der Waals surface area contributed by atoms with Gasteiger partial charge in [0.15, 0.2) is 11.6 Å². The van der Waals surface area contributed by atoms with Gasteiger partial charge in [0.1, 0.15) is 0 Å². The van der Waals surface area contributed by atoms with Crippen molar-refractivity contribution in [1.29, 1.82) is 0 Å². The lowest BCUT2D eigenvalue weighted by Crippen LogP contribution is -2.49. The summed E-state index contributed by atoms with van der Waals surface area (Å²) in [6.07, 6.45) is 3.27. The van der Waals surface area contributed by atoms with E-state index in [2.05, 4.69) is 6.92 Å². The molecule has 0 aromatic heterocycles. The Hall–Kier alpha value is -2.89. The van der Waals surface area contributed by atoms with Crippen molar-refractivity contribution >= 4 is 11.8 Å². The number of piperidine rings is 1. The number of carbonyl (C=O) groups is 2. The molecule has 0 radical (unpaired) electrons. The van der Waals surface area contributed by atoms with Crippen molar-refractivity contribution in [3.63, 3.8) is 0 Å². The molecule has 2 aromatic carbocycles. The lowest BCUT2D eigenvalue weighted by molar-refractivity contribution is -0.134. The number of halogens is 1. The van der Waals surface area contributed by atoms with Crippen LogP contribution >= 0.6 is 0 Å². The molecule has 2 amide bonds. The molecule has 6 heteroatoms. The molecule has 31 heavy (non-hydrogen) atoms. The molecule has 0 bridgehead atoms. The minimum atomic E-state index is -0.409. The zero-order valence-corrected chi connectivity index (χ0v) is 18.4. The molecular weight excluding hydrogens is 395 g/mol. The van der Waals surface area contributed by atoms with Crippen molar-refractivity contribution in [1.82, 2.24) is 9.80 Å². The molecule has 0 unspecified atom stereocenters. The van der Waals surface area contributed by atoms with Crippen molar-refractivity contribution in [3.05, 3.63) is 65.5 Å². The average Bonchev–Trinajstić information content (AvgIpc) is 2.81. The van der Waals surface area contributed by atoms with Gasteiger partial charge in [-0.25, -0.2) is 4.39 Å². The fraction of sp³-hybridized carbons (Fsp3) is 0.440. The first-order valence-corrected chi connectivity index (χ1v) is 11.0. The summed E-state index contributed by atoms with van der Waals surface area (Å²) in [5.74, 6) is -0.0623. The van der Waals surface area contributed by atoms with E-state index < -0.39 is 5.82 Å². The second-order valence-corrected chi connectivity index (χ2v) is 7.95. The quantitative estimate of drug-likeness (QED) is 0.632. The Bertz CT molecular complexity index is 880. The monoisotopic (exact) mass is 426 g/mol. The normalized spacial score (nSPS) is 14.4. The van der Waals surface area contributed by atoms with E-state index in [1.165, 1.54) is 13.2 Å². The van der Waals surface area contributed by atoms with Crippen LogP contribution in [0.2, 0.25) is 0 Å². The number of benzene rings is 2. The summed E-state index contributed by atoms with van der Waals surface area (Å²) in [7, 11) is 1.43. The highest BCUT2D eigenvalue weighted by Crippen LogP contribution is 2.22. The molecule has 1 saturated heterocycles. The predicted octanol–water partition coefficient (Wildman–Crippen LogP) is 4.31. The second kappa shape index (κ2) is 10.9. The summed E-state index contributed by atoms with van der Waals surface area (Å²) in [5, 5.41) is 0. The van der Waals surface area contributed by atoms with Gasteiger partial charge in [-0.1, -0.05) is 31.2 Å². The van der Waals surface area contributed by atoms with E-state index in [9.17, 15) is 14.0 Å². The lowest BCUT2D eigenvalue weighted by Gasteiger charge is -2.38. The fourth-order valence-corrected chi connectivity index (χ4v) is 4.16. The van der Waals surface area contributed by atoms with Crippen molar-refractivity contribution in [3.8, 4) is 5.75 Å². The van der Waals surface area contributed by atoms with Gasteiger partial charge in [0.2, 0.25) is 5.91 Å². The number of hydrogen-bond acceptors (Lipinski definition) is 3. The molecule has 1 aliphatic heterocycles. The average molecular weight is 427 g/mol. The Morgan fingerprint density at radius 3 is 2.45 bits per heavy atom. The van der Waals surface area contributed by atoms with Crippen LogP contribution in [-0.4, -0.2) is 54.4 Å². The van der Waals surface area contributed by atoms with E-state index in [0.29, 0.717) is 38.0 Å². The Labute approximate surface area is 183 Å². The highest BCUT2D eigenvalue weighted by atomic mass is 19.1. The zero-order valence-electron chi connectivity index (χ0n) is 18.4. The van der Waals surface area contributed by atoms with Gasteiger partial charge in [-0.15, -0.1) is 0 Å². The highest BCUT2D eigenvalue weighted by molar-refractivity contribution is 5.94. The van der Waals surface area contributed by atoms with Crippen molar-refractivity contribution in [2.24, 2.45) is 0 Å². The van der Waals surface area contributed by atoms with E-state index in [1.54, 1.807) is 12.1 Å². The summed E-state index contributed by atoms with van der Waals surface area (Å²) in [6.45, 7) is 4.06. The summed E-state index contributed by atoms with van der Waals surface area (Å²) in [4.78, 5) is 29.5. The molecular formula is C25H31FN2O3. The maximum Gasteiger partial charge on any atom is 0.253 e. The molecule has 1 heterocycles. The minimum absolute atomic E-state index is 0.0500. The van der Waals surface area contributed by atoms with E-state index in [4.69, 9.17) is 4.74 Å². The molecule has 0 aliphatic carbocycles. The van der Waals surface area contributed by atoms with Crippen LogP contribution in [0.4, 0.5) is 4.39 Å². The molecule has 3 rings (SSSR count). The third kappa shape index (κ3) is 5.84. The Morgan fingerprint density at radius 2 is 1.84 bits per heavy atom. The molecule has 0 N–H and O–H groups in total. The standard InChI is InChI=1S/C25H31FN2O3/c1-3-15-28(24(29)12-10-19-9-11-23(31-2)22(26)18-19)21-13-16-27(17-14-21)25(30)20-7-5-4-6-8-20/h4-9,11,18,21H,3,10,12-17H2,1-2H3. The van der Waals surface area contributed by atoms with Gasteiger partial charge >= 0.3 is 0 Å². The summed E-state index contributed by atoms with van der Waals surface area (Å²) in [5.41, 5.74) is 1.49. The molecule has 166 valence electrons. The second-order valence-electron chi connectivity index (χ2n) is 7.95. The maximum absolute atomic E-state index is 13.9. The largest absolute Gasteiger partial charge is 0.494 e. The van der Waals surface area contributed by atoms with Gasteiger partial charge < -0.3 is 14.5 Å². The molecule has 1 fully saturated rings. The maximum atomic E-state index is 13.9. The van der Waals surface area contributed by atoms with Gasteiger partial charge in [0.25, 0.3) is 5.91 Å². The summed E-state index contributed by atoms with van der Waals surface area (Å²) in [6, 6.07) is 14.3. The van der Waals surface area contributed by atoms with E-state index in [-0.39, 0.29) is 23.6 Å². The molecule has 1 aliphatic rings. The van der Waals surface area contributed by atoms with Gasteiger partial charge in [0.05, 0.1) is 7.11 Å². The van der Waals surface area contributed by atoms with Crippen molar-refractivity contribution < 1.29 is 18.7 Å². The minimum Gasteiger partial charge on any atom is -0.494 e. The van der Waals surface area contributed by atoms with Crippen LogP contribution in [0.3, 0.4) is 0 Å². The number of nitrogens with zero attached hydrogens (tertiary/aromatic N) is 2. The van der Waals surface area contributed by atoms with Crippen molar-refractivity contribution in [2.75, 3.05) is 26.7 Å².